The molecule has 0 atom stereocenters. The lowest BCUT2D eigenvalue weighted by Crippen LogP contribution is -2.43. The van der Waals surface area contributed by atoms with Gasteiger partial charge in [-0.1, -0.05) is 0 Å². The maximum atomic E-state index is 9.38. The van der Waals surface area contributed by atoms with Crippen LogP contribution in [0.1, 0.15) is 26.7 Å². The van der Waals surface area contributed by atoms with E-state index in [1.165, 1.54) is 0 Å². The van der Waals surface area contributed by atoms with E-state index in [2.05, 4.69) is 30.5 Å². The maximum Gasteiger partial charge on any atom is 0.231 e. The monoisotopic (exact) mass is 296 g/mol. The van der Waals surface area contributed by atoms with E-state index in [9.17, 15) is 10.2 Å². The van der Waals surface area contributed by atoms with Crippen molar-refractivity contribution in [1.82, 2.24) is 15.0 Å². The third kappa shape index (κ3) is 3.92. The Morgan fingerprint density at radius 3 is 2.29 bits per heavy atom. The van der Waals surface area contributed by atoms with Crippen LogP contribution in [0.4, 0.5) is 17.8 Å². The van der Waals surface area contributed by atoms with Crippen molar-refractivity contribution in [3.63, 3.8) is 0 Å². The zero-order valence-electron chi connectivity index (χ0n) is 12.6. The fourth-order valence-electron chi connectivity index (χ4n) is 2.12. The molecule has 0 spiro atoms. The molecule has 0 aromatic carbocycles. The van der Waals surface area contributed by atoms with Crippen molar-refractivity contribution < 1.29 is 10.2 Å². The first-order valence-corrected chi connectivity index (χ1v) is 7.35. The third-order valence-electron chi connectivity index (χ3n) is 3.46. The number of nitrogens with zero attached hydrogens (tertiary/aromatic N) is 4. The van der Waals surface area contributed by atoms with Gasteiger partial charge in [0.1, 0.15) is 0 Å². The molecular formula is C13H24N6O2. The van der Waals surface area contributed by atoms with Crippen molar-refractivity contribution in [2.75, 3.05) is 48.4 Å². The van der Waals surface area contributed by atoms with Crippen molar-refractivity contribution in [3.8, 4) is 0 Å². The Morgan fingerprint density at radius 1 is 1.10 bits per heavy atom. The highest BCUT2D eigenvalue weighted by Gasteiger charge is 2.25. The van der Waals surface area contributed by atoms with Gasteiger partial charge in [0.25, 0.3) is 0 Å². The van der Waals surface area contributed by atoms with E-state index in [1.807, 2.05) is 6.92 Å². The van der Waals surface area contributed by atoms with Crippen LogP contribution >= 0.6 is 0 Å². The SMILES string of the molecule is CCNc1nc(NC(C)(CO)CO)nc(N2CCCC2)n1. The molecule has 1 aliphatic rings. The Morgan fingerprint density at radius 2 is 1.71 bits per heavy atom. The minimum Gasteiger partial charge on any atom is -0.394 e. The van der Waals surface area contributed by atoms with Gasteiger partial charge in [0.2, 0.25) is 17.8 Å². The molecule has 4 N–H and O–H groups in total. The summed E-state index contributed by atoms with van der Waals surface area (Å²) in [5.41, 5.74) is -0.868. The van der Waals surface area contributed by atoms with Crippen LogP contribution in [0.15, 0.2) is 0 Å². The summed E-state index contributed by atoms with van der Waals surface area (Å²) in [4.78, 5) is 15.2. The van der Waals surface area contributed by atoms with Gasteiger partial charge in [0.15, 0.2) is 0 Å². The van der Waals surface area contributed by atoms with E-state index >= 15 is 0 Å². The van der Waals surface area contributed by atoms with Gasteiger partial charge in [-0.3, -0.25) is 0 Å². The molecule has 0 amide bonds. The van der Waals surface area contributed by atoms with Gasteiger partial charge in [0, 0.05) is 19.6 Å². The predicted molar refractivity (Wildman–Crippen MR) is 81.6 cm³/mol. The van der Waals surface area contributed by atoms with Gasteiger partial charge in [-0.2, -0.15) is 15.0 Å². The van der Waals surface area contributed by atoms with E-state index < -0.39 is 5.54 Å². The average Bonchev–Trinajstić information content (AvgIpc) is 3.01. The molecule has 1 aromatic heterocycles. The normalized spacial score (nSPS) is 15.3. The molecule has 8 nitrogen and oxygen atoms in total. The Hall–Kier alpha value is -1.67. The lowest BCUT2D eigenvalue weighted by Gasteiger charge is -2.27. The number of aliphatic hydroxyl groups excluding tert-OH is 2. The van der Waals surface area contributed by atoms with Gasteiger partial charge >= 0.3 is 0 Å². The molecule has 2 rings (SSSR count). The van der Waals surface area contributed by atoms with Crippen LogP contribution in [0.2, 0.25) is 0 Å². The molecule has 118 valence electrons. The Labute approximate surface area is 124 Å². The van der Waals surface area contributed by atoms with Crippen molar-refractivity contribution in [1.29, 1.82) is 0 Å². The van der Waals surface area contributed by atoms with Crippen molar-refractivity contribution in [3.05, 3.63) is 0 Å². The summed E-state index contributed by atoms with van der Waals surface area (Å²) in [6, 6.07) is 0. The number of aromatic nitrogens is 3. The van der Waals surface area contributed by atoms with E-state index in [0.29, 0.717) is 24.4 Å². The van der Waals surface area contributed by atoms with Crippen molar-refractivity contribution in [2.24, 2.45) is 0 Å². The third-order valence-corrected chi connectivity index (χ3v) is 3.46. The van der Waals surface area contributed by atoms with E-state index in [1.54, 1.807) is 6.92 Å². The van der Waals surface area contributed by atoms with Crippen LogP contribution in [-0.4, -0.2) is 63.6 Å². The Balaban J connectivity index is 2.26. The van der Waals surface area contributed by atoms with Crippen LogP contribution < -0.4 is 15.5 Å². The molecule has 2 heterocycles. The van der Waals surface area contributed by atoms with Gasteiger partial charge in [-0.15, -0.1) is 0 Å². The predicted octanol–water partition coefficient (Wildman–Crippen LogP) is 0.0588. The summed E-state index contributed by atoms with van der Waals surface area (Å²) in [5.74, 6) is 1.47. The Bertz CT molecular complexity index is 460. The summed E-state index contributed by atoms with van der Waals surface area (Å²) in [5, 5.41) is 24.8. The second-order valence-electron chi connectivity index (χ2n) is 5.51. The van der Waals surface area contributed by atoms with Crippen LogP contribution in [0.25, 0.3) is 0 Å². The molecule has 0 bridgehead atoms. The van der Waals surface area contributed by atoms with Gasteiger partial charge in [-0.05, 0) is 26.7 Å². The minimum absolute atomic E-state index is 0.217. The van der Waals surface area contributed by atoms with Crippen LogP contribution in [0, 0.1) is 0 Å². The Kier molecular flexibility index (Phi) is 5.13. The molecule has 1 saturated heterocycles. The second kappa shape index (κ2) is 6.86. The quantitative estimate of drug-likeness (QED) is 0.559. The number of hydrogen-bond acceptors (Lipinski definition) is 8. The molecule has 1 aliphatic heterocycles. The second-order valence-corrected chi connectivity index (χ2v) is 5.51. The molecule has 21 heavy (non-hydrogen) atoms. The molecule has 8 heteroatoms. The number of hydrogen-bond donors (Lipinski definition) is 4. The van der Waals surface area contributed by atoms with E-state index in [4.69, 9.17) is 0 Å². The highest BCUT2D eigenvalue weighted by molar-refractivity contribution is 5.45. The van der Waals surface area contributed by atoms with Gasteiger partial charge < -0.3 is 25.7 Å². The largest absolute Gasteiger partial charge is 0.394 e. The molecular weight excluding hydrogens is 272 g/mol. The van der Waals surface area contributed by atoms with Crippen LogP contribution in [0.5, 0.6) is 0 Å². The minimum atomic E-state index is -0.868. The smallest absolute Gasteiger partial charge is 0.231 e. The fraction of sp³-hybridized carbons (Fsp3) is 0.769. The first-order valence-electron chi connectivity index (χ1n) is 7.35. The highest BCUT2D eigenvalue weighted by atomic mass is 16.3. The summed E-state index contributed by atoms with van der Waals surface area (Å²) in [6.45, 7) is 5.82. The first kappa shape index (κ1) is 15.7. The van der Waals surface area contributed by atoms with Crippen LogP contribution in [0.3, 0.4) is 0 Å². The average molecular weight is 296 g/mol. The highest BCUT2D eigenvalue weighted by Crippen LogP contribution is 2.20. The molecule has 0 aliphatic carbocycles. The zero-order valence-corrected chi connectivity index (χ0v) is 12.6. The van der Waals surface area contributed by atoms with Gasteiger partial charge in [-0.25, -0.2) is 0 Å². The van der Waals surface area contributed by atoms with E-state index in [0.717, 1.165) is 25.9 Å². The summed E-state index contributed by atoms with van der Waals surface area (Å²) >= 11 is 0. The number of aliphatic hydroxyl groups is 2. The molecule has 1 aromatic rings. The van der Waals surface area contributed by atoms with Crippen molar-refractivity contribution >= 4 is 17.8 Å². The summed E-state index contributed by atoms with van der Waals surface area (Å²) in [6.07, 6.45) is 2.27. The molecule has 0 radical (unpaired) electrons. The van der Waals surface area contributed by atoms with Crippen LogP contribution in [-0.2, 0) is 0 Å². The maximum absolute atomic E-state index is 9.38. The zero-order chi connectivity index (χ0) is 15.3. The topological polar surface area (TPSA) is 106 Å². The lowest BCUT2D eigenvalue weighted by atomic mass is 10.1. The van der Waals surface area contributed by atoms with Gasteiger partial charge in [0.05, 0.1) is 18.8 Å². The van der Waals surface area contributed by atoms with E-state index in [-0.39, 0.29) is 13.2 Å². The number of rotatable bonds is 7. The van der Waals surface area contributed by atoms with Crippen molar-refractivity contribution in [2.45, 2.75) is 32.2 Å². The first-order chi connectivity index (χ1) is 10.1. The lowest BCUT2D eigenvalue weighted by molar-refractivity contribution is 0.147. The number of anilines is 3. The summed E-state index contributed by atoms with van der Waals surface area (Å²) < 4.78 is 0. The fourth-order valence-corrected chi connectivity index (χ4v) is 2.12. The standard InChI is InChI=1S/C13H24N6O2/c1-3-14-10-15-11(18-13(2,8-20)9-21)17-12(16-10)19-6-4-5-7-19/h20-21H,3-9H2,1-2H3,(H2,14,15,16,17,18). The summed E-state index contributed by atoms with van der Waals surface area (Å²) in [7, 11) is 0. The molecule has 1 fully saturated rings. The molecule has 0 saturated carbocycles. The molecule has 0 unspecified atom stereocenters. The number of nitrogens with one attached hydrogen (secondary N) is 2.